The predicted molar refractivity (Wildman–Crippen MR) is 91.7 cm³/mol. The summed E-state index contributed by atoms with van der Waals surface area (Å²) in [6, 6.07) is 11.6. The van der Waals surface area contributed by atoms with Crippen LogP contribution in [-0.2, 0) is 6.54 Å². The van der Waals surface area contributed by atoms with E-state index in [1.54, 1.807) is 12.4 Å². The Morgan fingerprint density at radius 3 is 2.96 bits per heavy atom. The molecule has 0 aliphatic heterocycles. The van der Waals surface area contributed by atoms with E-state index in [1.807, 2.05) is 36.4 Å². The highest BCUT2D eigenvalue weighted by Crippen LogP contribution is 2.26. The maximum Gasteiger partial charge on any atom is 0.228 e. The SMILES string of the molecule is Clc1ncc(CNc2cccc(-c3nc4ncccc4o3)c2)s1. The number of halogens is 1. The van der Waals surface area contributed by atoms with Crippen LogP contribution in [0.15, 0.2) is 53.2 Å². The zero-order valence-electron chi connectivity index (χ0n) is 11.9. The molecule has 0 fully saturated rings. The standard InChI is InChI=1S/C16H11ClN4OS/c17-16-20-9-12(23-16)8-19-11-4-1-3-10(7-11)15-21-14-13(22-15)5-2-6-18-14/h1-7,9,19H,8H2. The van der Waals surface area contributed by atoms with Crippen molar-refractivity contribution in [3.05, 3.63) is 58.1 Å². The monoisotopic (exact) mass is 342 g/mol. The molecule has 3 aromatic heterocycles. The molecule has 5 nitrogen and oxygen atoms in total. The van der Waals surface area contributed by atoms with Crippen LogP contribution in [0.5, 0.6) is 0 Å². The lowest BCUT2D eigenvalue weighted by atomic mass is 10.2. The molecule has 0 amide bonds. The molecule has 0 aliphatic rings. The van der Waals surface area contributed by atoms with E-state index < -0.39 is 0 Å². The van der Waals surface area contributed by atoms with Gasteiger partial charge in [-0.1, -0.05) is 17.7 Å². The van der Waals surface area contributed by atoms with E-state index in [0.29, 0.717) is 28.1 Å². The fraction of sp³-hybridized carbons (Fsp3) is 0.0625. The Morgan fingerprint density at radius 1 is 1.17 bits per heavy atom. The summed E-state index contributed by atoms with van der Waals surface area (Å²) in [5, 5.41) is 3.34. The zero-order chi connectivity index (χ0) is 15.6. The van der Waals surface area contributed by atoms with Crippen LogP contribution in [0, 0.1) is 0 Å². The first-order valence-corrected chi connectivity index (χ1v) is 8.13. The molecule has 0 saturated heterocycles. The van der Waals surface area contributed by atoms with Crippen LogP contribution < -0.4 is 5.32 Å². The number of nitrogens with one attached hydrogen (secondary N) is 1. The molecule has 7 heteroatoms. The lowest BCUT2D eigenvalue weighted by Crippen LogP contribution is -1.97. The van der Waals surface area contributed by atoms with Crippen molar-refractivity contribution in [1.29, 1.82) is 0 Å². The molecule has 114 valence electrons. The first-order valence-electron chi connectivity index (χ1n) is 6.94. The van der Waals surface area contributed by atoms with Crippen molar-refractivity contribution in [2.45, 2.75) is 6.54 Å². The van der Waals surface area contributed by atoms with Gasteiger partial charge in [0.2, 0.25) is 5.89 Å². The first-order chi connectivity index (χ1) is 11.3. The molecule has 4 aromatic rings. The number of oxazole rings is 1. The Balaban J connectivity index is 1.58. The van der Waals surface area contributed by atoms with Gasteiger partial charge in [0.05, 0.1) is 6.54 Å². The number of rotatable bonds is 4. The van der Waals surface area contributed by atoms with Crippen LogP contribution in [-0.4, -0.2) is 15.0 Å². The van der Waals surface area contributed by atoms with E-state index in [1.165, 1.54) is 11.3 Å². The molecule has 0 bridgehead atoms. The third-order valence-corrected chi connectivity index (χ3v) is 4.38. The van der Waals surface area contributed by atoms with E-state index in [4.69, 9.17) is 16.0 Å². The summed E-state index contributed by atoms with van der Waals surface area (Å²) in [5.41, 5.74) is 3.16. The van der Waals surface area contributed by atoms with Crippen molar-refractivity contribution in [3.8, 4) is 11.5 Å². The molecule has 1 aromatic carbocycles. The minimum atomic E-state index is 0.550. The number of pyridine rings is 1. The second kappa shape index (κ2) is 5.98. The van der Waals surface area contributed by atoms with Crippen LogP contribution in [0.3, 0.4) is 0 Å². The summed E-state index contributed by atoms with van der Waals surface area (Å²) in [4.78, 5) is 13.7. The summed E-state index contributed by atoms with van der Waals surface area (Å²) in [5.74, 6) is 0.559. The largest absolute Gasteiger partial charge is 0.434 e. The maximum absolute atomic E-state index is 5.84. The summed E-state index contributed by atoms with van der Waals surface area (Å²) >= 11 is 7.30. The smallest absolute Gasteiger partial charge is 0.228 e. The molecule has 0 atom stereocenters. The average Bonchev–Trinajstić information content (AvgIpc) is 3.19. The van der Waals surface area contributed by atoms with Gasteiger partial charge in [0.15, 0.2) is 15.7 Å². The van der Waals surface area contributed by atoms with Gasteiger partial charge >= 0.3 is 0 Å². The number of aromatic nitrogens is 3. The second-order valence-corrected chi connectivity index (χ2v) is 6.56. The first kappa shape index (κ1) is 14.2. The number of anilines is 1. The quantitative estimate of drug-likeness (QED) is 0.586. The average molecular weight is 343 g/mol. The maximum atomic E-state index is 5.84. The van der Waals surface area contributed by atoms with Crippen molar-refractivity contribution in [1.82, 2.24) is 15.0 Å². The highest BCUT2D eigenvalue weighted by Gasteiger charge is 2.09. The fourth-order valence-electron chi connectivity index (χ4n) is 2.21. The van der Waals surface area contributed by atoms with Crippen LogP contribution >= 0.6 is 22.9 Å². The summed E-state index contributed by atoms with van der Waals surface area (Å²) in [6.07, 6.45) is 3.48. The van der Waals surface area contributed by atoms with Gasteiger partial charge < -0.3 is 9.73 Å². The normalized spacial score (nSPS) is 11.0. The Bertz CT molecular complexity index is 932. The third kappa shape index (κ3) is 3.04. The third-order valence-electron chi connectivity index (χ3n) is 3.27. The number of nitrogens with zero attached hydrogens (tertiary/aromatic N) is 3. The minimum Gasteiger partial charge on any atom is -0.434 e. The molecular formula is C16H11ClN4OS. The summed E-state index contributed by atoms with van der Waals surface area (Å²) in [7, 11) is 0. The number of thiazole rings is 1. The van der Waals surface area contributed by atoms with Gasteiger partial charge in [0.1, 0.15) is 0 Å². The Labute approximate surface area is 141 Å². The van der Waals surface area contributed by atoms with Crippen molar-refractivity contribution in [2.24, 2.45) is 0 Å². The van der Waals surface area contributed by atoms with Crippen LogP contribution in [0.2, 0.25) is 4.47 Å². The number of hydrogen-bond acceptors (Lipinski definition) is 6. The van der Waals surface area contributed by atoms with Crippen molar-refractivity contribution >= 4 is 39.9 Å². The molecular weight excluding hydrogens is 332 g/mol. The van der Waals surface area contributed by atoms with Crippen LogP contribution in [0.1, 0.15) is 4.88 Å². The Kier molecular flexibility index (Phi) is 3.69. The molecule has 3 heterocycles. The number of fused-ring (bicyclic) bond motifs is 1. The molecule has 0 aliphatic carbocycles. The van der Waals surface area contributed by atoms with E-state index in [0.717, 1.165) is 16.1 Å². The van der Waals surface area contributed by atoms with Gasteiger partial charge in [-0.05, 0) is 30.3 Å². The molecule has 0 spiro atoms. The zero-order valence-corrected chi connectivity index (χ0v) is 13.4. The molecule has 1 N–H and O–H groups in total. The minimum absolute atomic E-state index is 0.550. The molecule has 0 saturated carbocycles. The van der Waals surface area contributed by atoms with Gasteiger partial charge in [-0.3, -0.25) is 0 Å². The Morgan fingerprint density at radius 2 is 2.13 bits per heavy atom. The number of benzene rings is 1. The lowest BCUT2D eigenvalue weighted by molar-refractivity contribution is 0.619. The van der Waals surface area contributed by atoms with Gasteiger partial charge in [-0.15, -0.1) is 11.3 Å². The van der Waals surface area contributed by atoms with Gasteiger partial charge in [-0.2, -0.15) is 4.98 Å². The van der Waals surface area contributed by atoms with Crippen molar-refractivity contribution in [3.63, 3.8) is 0 Å². The highest BCUT2D eigenvalue weighted by atomic mass is 35.5. The van der Waals surface area contributed by atoms with Gasteiger partial charge in [0, 0.05) is 28.5 Å². The lowest BCUT2D eigenvalue weighted by Gasteiger charge is -2.05. The summed E-state index contributed by atoms with van der Waals surface area (Å²) in [6.45, 7) is 0.670. The number of hydrogen-bond donors (Lipinski definition) is 1. The summed E-state index contributed by atoms with van der Waals surface area (Å²) < 4.78 is 6.30. The molecule has 0 unspecified atom stereocenters. The second-order valence-electron chi connectivity index (χ2n) is 4.86. The van der Waals surface area contributed by atoms with Crippen molar-refractivity contribution in [2.75, 3.05) is 5.32 Å². The van der Waals surface area contributed by atoms with Gasteiger partial charge in [0.25, 0.3) is 0 Å². The highest BCUT2D eigenvalue weighted by molar-refractivity contribution is 7.15. The Hall–Kier alpha value is -2.44. The fourth-order valence-corrected chi connectivity index (χ4v) is 3.13. The van der Waals surface area contributed by atoms with E-state index in [2.05, 4.69) is 20.3 Å². The van der Waals surface area contributed by atoms with Crippen molar-refractivity contribution < 1.29 is 4.42 Å². The molecule has 4 rings (SSSR count). The van der Waals surface area contributed by atoms with Crippen LogP contribution in [0.25, 0.3) is 22.7 Å². The predicted octanol–water partition coefficient (Wildman–Crippen LogP) is 4.61. The molecule has 23 heavy (non-hydrogen) atoms. The van der Waals surface area contributed by atoms with Gasteiger partial charge in [-0.25, -0.2) is 9.97 Å². The van der Waals surface area contributed by atoms with E-state index >= 15 is 0 Å². The van der Waals surface area contributed by atoms with E-state index in [9.17, 15) is 0 Å². The molecule has 0 radical (unpaired) electrons. The van der Waals surface area contributed by atoms with E-state index in [-0.39, 0.29) is 0 Å². The topological polar surface area (TPSA) is 63.8 Å². The van der Waals surface area contributed by atoms with Crippen LogP contribution in [0.4, 0.5) is 5.69 Å².